The first-order valence-electron chi connectivity index (χ1n) is 7.83. The minimum atomic E-state index is -0.776. The zero-order valence-electron chi connectivity index (χ0n) is 13.8. The monoisotopic (exact) mass is 407 g/mol. The highest BCUT2D eigenvalue weighted by Crippen LogP contribution is 2.21. The van der Waals surface area contributed by atoms with Gasteiger partial charge in [0.15, 0.2) is 4.77 Å². The number of H-pyrrole nitrogens is 1. The molecule has 8 heteroatoms. The Hall–Kier alpha value is -2.15. The fourth-order valence-electron chi connectivity index (χ4n) is 2.64. The lowest BCUT2D eigenvalue weighted by atomic mass is 10.2. The summed E-state index contributed by atoms with van der Waals surface area (Å²) in [6.45, 7) is 1.84. The lowest BCUT2D eigenvalue weighted by Gasteiger charge is -2.16. The molecule has 134 valence electrons. The molecular formula is C18H15Cl2N3O2S. The fraction of sp³-hybridized carbons (Fsp3) is 0.167. The summed E-state index contributed by atoms with van der Waals surface area (Å²) in [7, 11) is 0. The van der Waals surface area contributed by atoms with Crippen LogP contribution < -0.4 is 10.9 Å². The molecule has 0 radical (unpaired) electrons. The van der Waals surface area contributed by atoms with Gasteiger partial charge in [-0.25, -0.2) is 0 Å². The number of aromatic amines is 1. The maximum atomic E-state index is 12.7. The molecule has 0 unspecified atom stereocenters. The Balaban J connectivity index is 1.86. The molecule has 2 N–H and O–H groups in total. The van der Waals surface area contributed by atoms with Gasteiger partial charge in [-0.15, -0.1) is 0 Å². The Morgan fingerprint density at radius 3 is 2.73 bits per heavy atom. The summed E-state index contributed by atoms with van der Waals surface area (Å²) in [5.74, 6) is -0.340. The Labute approximate surface area is 164 Å². The number of benzene rings is 2. The molecule has 1 amide bonds. The molecule has 0 saturated heterocycles. The summed E-state index contributed by atoms with van der Waals surface area (Å²) in [5.41, 5.74) is 1.06. The second-order valence-corrected chi connectivity index (χ2v) is 7.01. The van der Waals surface area contributed by atoms with Gasteiger partial charge in [0, 0.05) is 16.6 Å². The molecule has 0 fully saturated rings. The molecule has 5 nitrogen and oxygen atoms in total. The van der Waals surface area contributed by atoms with Crippen LogP contribution in [0.4, 0.5) is 0 Å². The normalized spacial score (nSPS) is 12.1. The van der Waals surface area contributed by atoms with Crippen LogP contribution in [-0.4, -0.2) is 15.5 Å². The van der Waals surface area contributed by atoms with Crippen LogP contribution in [0.1, 0.15) is 18.5 Å². The van der Waals surface area contributed by atoms with Gasteiger partial charge in [0.25, 0.3) is 5.56 Å². The number of hydrogen-bond donors (Lipinski definition) is 2. The standard InChI is InChI=1S/C18H15Cl2N3O2S/c1-10(16(24)21-9-11-6-7-12(19)8-14(11)20)23-17(25)13-4-2-3-5-15(13)22-18(23)26/h2-8,10H,9H2,1H3,(H,21,24)(H,22,26)/t10-/m0/s1. The average Bonchev–Trinajstić information content (AvgIpc) is 2.60. The minimum Gasteiger partial charge on any atom is -0.350 e. The minimum absolute atomic E-state index is 0.195. The second-order valence-electron chi connectivity index (χ2n) is 5.78. The van der Waals surface area contributed by atoms with Gasteiger partial charge in [-0.2, -0.15) is 0 Å². The highest BCUT2D eigenvalue weighted by atomic mass is 35.5. The summed E-state index contributed by atoms with van der Waals surface area (Å²) in [6.07, 6.45) is 0. The van der Waals surface area contributed by atoms with Gasteiger partial charge in [-0.3, -0.25) is 14.2 Å². The Kier molecular flexibility index (Phi) is 5.46. The van der Waals surface area contributed by atoms with Crippen molar-refractivity contribution in [1.29, 1.82) is 0 Å². The van der Waals surface area contributed by atoms with E-state index < -0.39 is 6.04 Å². The van der Waals surface area contributed by atoms with Gasteiger partial charge in [-0.1, -0.05) is 41.4 Å². The van der Waals surface area contributed by atoms with E-state index in [-0.39, 0.29) is 22.8 Å². The van der Waals surface area contributed by atoms with E-state index in [1.807, 2.05) is 6.07 Å². The number of halogens is 2. The predicted octanol–water partition coefficient (Wildman–Crippen LogP) is 4.24. The Bertz CT molecular complexity index is 1110. The van der Waals surface area contributed by atoms with E-state index in [4.69, 9.17) is 35.4 Å². The maximum absolute atomic E-state index is 12.7. The lowest BCUT2D eigenvalue weighted by molar-refractivity contribution is -0.124. The zero-order valence-corrected chi connectivity index (χ0v) is 16.1. The molecule has 0 aliphatic carbocycles. The fourth-order valence-corrected chi connectivity index (χ4v) is 3.47. The summed E-state index contributed by atoms with van der Waals surface area (Å²) in [6, 6.07) is 11.3. The largest absolute Gasteiger partial charge is 0.350 e. The van der Waals surface area contributed by atoms with Gasteiger partial charge in [0.1, 0.15) is 6.04 Å². The van der Waals surface area contributed by atoms with E-state index in [1.165, 1.54) is 4.57 Å². The van der Waals surface area contributed by atoms with Crippen LogP contribution in [-0.2, 0) is 11.3 Å². The van der Waals surface area contributed by atoms with E-state index in [9.17, 15) is 9.59 Å². The molecular weight excluding hydrogens is 393 g/mol. The van der Waals surface area contributed by atoms with Crippen molar-refractivity contribution in [1.82, 2.24) is 14.9 Å². The first-order valence-corrected chi connectivity index (χ1v) is 9.00. The van der Waals surface area contributed by atoms with Crippen LogP contribution in [0.2, 0.25) is 10.0 Å². The lowest BCUT2D eigenvalue weighted by Crippen LogP contribution is -2.36. The summed E-state index contributed by atoms with van der Waals surface area (Å²) in [5, 5.41) is 4.23. The SMILES string of the molecule is C[C@@H](C(=O)NCc1ccc(Cl)cc1Cl)n1c(=S)[nH]c2ccccc2c1=O. The number of carbonyl (C=O) groups is 1. The number of nitrogens with zero attached hydrogens (tertiary/aromatic N) is 1. The molecule has 26 heavy (non-hydrogen) atoms. The summed E-state index contributed by atoms with van der Waals surface area (Å²) in [4.78, 5) is 28.2. The third kappa shape index (κ3) is 3.67. The van der Waals surface area contributed by atoms with Crippen LogP contribution in [0.15, 0.2) is 47.3 Å². The number of amides is 1. The average molecular weight is 408 g/mol. The number of fused-ring (bicyclic) bond motifs is 1. The molecule has 3 rings (SSSR count). The van der Waals surface area contributed by atoms with Crippen molar-refractivity contribution in [2.24, 2.45) is 0 Å². The van der Waals surface area contributed by atoms with Crippen LogP contribution in [0.5, 0.6) is 0 Å². The van der Waals surface area contributed by atoms with Gasteiger partial charge >= 0.3 is 0 Å². The van der Waals surface area contributed by atoms with E-state index >= 15 is 0 Å². The number of carbonyl (C=O) groups excluding carboxylic acids is 1. The highest BCUT2D eigenvalue weighted by Gasteiger charge is 2.19. The third-order valence-corrected chi connectivity index (χ3v) is 4.96. The smallest absolute Gasteiger partial charge is 0.262 e. The molecule has 1 atom stereocenters. The number of para-hydroxylation sites is 1. The Morgan fingerprint density at radius 2 is 2.00 bits per heavy atom. The van der Waals surface area contributed by atoms with E-state index in [2.05, 4.69) is 10.3 Å². The van der Waals surface area contributed by atoms with Gasteiger partial charge in [-0.05, 0) is 49.0 Å². The molecule has 0 bridgehead atoms. The Morgan fingerprint density at radius 1 is 1.27 bits per heavy atom. The predicted molar refractivity (Wildman–Crippen MR) is 106 cm³/mol. The van der Waals surface area contributed by atoms with E-state index in [1.54, 1.807) is 43.3 Å². The molecule has 1 aromatic heterocycles. The third-order valence-electron chi connectivity index (χ3n) is 4.07. The number of aromatic nitrogens is 2. The summed E-state index contributed by atoms with van der Waals surface area (Å²) < 4.78 is 1.47. The topological polar surface area (TPSA) is 66.9 Å². The van der Waals surface area contributed by atoms with Crippen molar-refractivity contribution in [2.45, 2.75) is 19.5 Å². The quantitative estimate of drug-likeness (QED) is 0.635. The molecule has 0 spiro atoms. The van der Waals surface area contributed by atoms with Crippen LogP contribution in [0, 0.1) is 4.77 Å². The number of rotatable bonds is 4. The first-order chi connectivity index (χ1) is 12.4. The molecule has 0 saturated carbocycles. The van der Waals surface area contributed by atoms with E-state index in [0.717, 1.165) is 5.56 Å². The van der Waals surface area contributed by atoms with Crippen LogP contribution in [0.3, 0.4) is 0 Å². The van der Waals surface area contributed by atoms with Crippen molar-refractivity contribution in [3.63, 3.8) is 0 Å². The van der Waals surface area contributed by atoms with Crippen molar-refractivity contribution < 1.29 is 4.79 Å². The van der Waals surface area contributed by atoms with Gasteiger partial charge in [0.05, 0.1) is 10.9 Å². The molecule has 0 aliphatic rings. The second kappa shape index (κ2) is 7.61. The molecule has 0 aliphatic heterocycles. The van der Waals surface area contributed by atoms with Crippen LogP contribution in [0.25, 0.3) is 10.9 Å². The van der Waals surface area contributed by atoms with Crippen molar-refractivity contribution >= 4 is 52.2 Å². The zero-order chi connectivity index (χ0) is 18.8. The molecule has 2 aromatic carbocycles. The molecule has 1 heterocycles. The van der Waals surface area contributed by atoms with Crippen molar-refractivity contribution in [3.05, 3.63) is 73.2 Å². The number of nitrogens with one attached hydrogen (secondary N) is 2. The van der Waals surface area contributed by atoms with Crippen LogP contribution >= 0.6 is 35.4 Å². The summed E-state index contributed by atoms with van der Waals surface area (Å²) >= 11 is 17.2. The maximum Gasteiger partial charge on any atom is 0.262 e. The van der Waals surface area contributed by atoms with Gasteiger partial charge in [0.2, 0.25) is 5.91 Å². The number of hydrogen-bond acceptors (Lipinski definition) is 3. The first kappa shape index (κ1) is 18.6. The van der Waals surface area contributed by atoms with E-state index in [0.29, 0.717) is 20.9 Å². The van der Waals surface area contributed by atoms with Gasteiger partial charge < -0.3 is 10.3 Å². The van der Waals surface area contributed by atoms with Crippen molar-refractivity contribution in [2.75, 3.05) is 0 Å². The van der Waals surface area contributed by atoms with Crippen molar-refractivity contribution in [3.8, 4) is 0 Å². The molecule has 3 aromatic rings. The highest BCUT2D eigenvalue weighted by molar-refractivity contribution is 7.71.